The van der Waals surface area contributed by atoms with Crippen molar-refractivity contribution in [3.63, 3.8) is 0 Å². The van der Waals surface area contributed by atoms with Gasteiger partial charge in [0.05, 0.1) is 4.88 Å². The molecule has 92 valence electrons. The summed E-state index contributed by atoms with van der Waals surface area (Å²) in [5.74, 6) is -0.133. The second-order valence-electron chi connectivity index (χ2n) is 4.32. The summed E-state index contributed by atoms with van der Waals surface area (Å²) in [6.45, 7) is 1.73. The van der Waals surface area contributed by atoms with Gasteiger partial charge in [-0.2, -0.15) is 0 Å². The van der Waals surface area contributed by atoms with Crippen LogP contribution in [0.15, 0.2) is 36.4 Å². The average Bonchev–Trinajstić information content (AvgIpc) is 2.77. The summed E-state index contributed by atoms with van der Waals surface area (Å²) in [5.41, 5.74) is 0.948. The number of thiophene rings is 1. The zero-order valence-corrected chi connectivity index (χ0v) is 10.5. The van der Waals surface area contributed by atoms with Gasteiger partial charge in [0, 0.05) is 18.0 Å². The standard InChI is InChI=1S/C14H12FNOS/c15-11-4-2-10(3-5-11)12-6-7-13(18-12)14(17)16-8-1-9-16/h2-7H,1,8-9H2. The molecule has 1 aromatic heterocycles. The summed E-state index contributed by atoms with van der Waals surface area (Å²) in [5, 5.41) is 0. The summed E-state index contributed by atoms with van der Waals surface area (Å²) in [6.07, 6.45) is 1.10. The maximum absolute atomic E-state index is 12.8. The third-order valence-corrected chi connectivity index (χ3v) is 4.21. The molecule has 1 saturated heterocycles. The molecule has 0 unspecified atom stereocenters. The van der Waals surface area contributed by atoms with Gasteiger partial charge in [-0.15, -0.1) is 11.3 Å². The van der Waals surface area contributed by atoms with Crippen molar-refractivity contribution >= 4 is 17.2 Å². The van der Waals surface area contributed by atoms with Crippen molar-refractivity contribution in [3.05, 3.63) is 47.1 Å². The Balaban J connectivity index is 1.84. The SMILES string of the molecule is O=C(c1ccc(-c2ccc(F)cc2)s1)N1CCC1. The van der Waals surface area contributed by atoms with Gasteiger partial charge in [-0.25, -0.2) is 4.39 Å². The van der Waals surface area contributed by atoms with Crippen LogP contribution in [0.5, 0.6) is 0 Å². The van der Waals surface area contributed by atoms with Crippen molar-refractivity contribution in [1.29, 1.82) is 0 Å². The average molecular weight is 261 g/mol. The Bertz CT molecular complexity index is 572. The Labute approximate surface area is 109 Å². The maximum atomic E-state index is 12.8. The van der Waals surface area contributed by atoms with E-state index >= 15 is 0 Å². The highest BCUT2D eigenvalue weighted by Crippen LogP contribution is 2.29. The molecular formula is C14H12FNOS. The van der Waals surface area contributed by atoms with E-state index in [1.807, 2.05) is 17.0 Å². The van der Waals surface area contributed by atoms with Gasteiger partial charge in [0.2, 0.25) is 0 Å². The van der Waals surface area contributed by atoms with Gasteiger partial charge in [0.1, 0.15) is 5.82 Å². The molecule has 0 bridgehead atoms. The molecule has 0 atom stereocenters. The van der Waals surface area contributed by atoms with E-state index in [9.17, 15) is 9.18 Å². The van der Waals surface area contributed by atoms with Gasteiger partial charge in [-0.1, -0.05) is 12.1 Å². The molecule has 0 spiro atoms. The lowest BCUT2D eigenvalue weighted by atomic mass is 10.2. The zero-order valence-electron chi connectivity index (χ0n) is 9.73. The van der Waals surface area contributed by atoms with Crippen LogP contribution in [0.2, 0.25) is 0 Å². The molecule has 0 N–H and O–H groups in total. The number of likely N-dealkylation sites (tertiary alicyclic amines) is 1. The van der Waals surface area contributed by atoms with Gasteiger partial charge >= 0.3 is 0 Å². The molecule has 0 aliphatic carbocycles. The van der Waals surface area contributed by atoms with Gasteiger partial charge in [-0.05, 0) is 36.2 Å². The van der Waals surface area contributed by atoms with Crippen LogP contribution < -0.4 is 0 Å². The quantitative estimate of drug-likeness (QED) is 0.811. The first-order chi connectivity index (χ1) is 8.74. The minimum Gasteiger partial charge on any atom is -0.338 e. The van der Waals surface area contributed by atoms with Gasteiger partial charge in [-0.3, -0.25) is 4.79 Å². The van der Waals surface area contributed by atoms with Crippen molar-refractivity contribution < 1.29 is 9.18 Å². The fourth-order valence-corrected chi connectivity index (χ4v) is 2.88. The minimum absolute atomic E-state index is 0.111. The lowest BCUT2D eigenvalue weighted by Crippen LogP contribution is -2.41. The number of benzene rings is 1. The molecule has 2 aromatic rings. The van der Waals surface area contributed by atoms with Crippen LogP contribution in [0.3, 0.4) is 0 Å². The topological polar surface area (TPSA) is 20.3 Å². The number of amides is 1. The molecule has 1 amide bonds. The second kappa shape index (κ2) is 4.53. The van der Waals surface area contributed by atoms with E-state index in [2.05, 4.69) is 0 Å². The highest BCUT2D eigenvalue weighted by atomic mass is 32.1. The Morgan fingerprint density at radius 2 is 1.83 bits per heavy atom. The van der Waals surface area contributed by atoms with Crippen LogP contribution in [0.4, 0.5) is 4.39 Å². The van der Waals surface area contributed by atoms with Crippen molar-refractivity contribution in [2.75, 3.05) is 13.1 Å². The normalized spacial score (nSPS) is 14.4. The summed E-state index contributed by atoms with van der Waals surface area (Å²) < 4.78 is 12.8. The largest absolute Gasteiger partial charge is 0.338 e. The molecule has 18 heavy (non-hydrogen) atoms. The third-order valence-electron chi connectivity index (χ3n) is 3.09. The Morgan fingerprint density at radius 1 is 1.11 bits per heavy atom. The molecule has 0 saturated carbocycles. The van der Waals surface area contributed by atoms with Crippen LogP contribution in [0, 0.1) is 5.82 Å². The van der Waals surface area contributed by atoms with Crippen LogP contribution in [0.25, 0.3) is 10.4 Å². The van der Waals surface area contributed by atoms with Crippen molar-refractivity contribution in [2.45, 2.75) is 6.42 Å². The molecule has 1 aliphatic rings. The van der Waals surface area contributed by atoms with Crippen LogP contribution >= 0.6 is 11.3 Å². The fourth-order valence-electron chi connectivity index (χ4n) is 1.90. The lowest BCUT2D eigenvalue weighted by Gasteiger charge is -2.30. The Kier molecular flexibility index (Phi) is 2.88. The first-order valence-electron chi connectivity index (χ1n) is 5.89. The van der Waals surface area contributed by atoms with E-state index < -0.39 is 0 Å². The number of carbonyl (C=O) groups is 1. The van der Waals surface area contributed by atoms with Gasteiger partial charge in [0.15, 0.2) is 0 Å². The predicted molar refractivity (Wildman–Crippen MR) is 70.2 cm³/mol. The number of rotatable bonds is 2. The van der Waals surface area contributed by atoms with Crippen LogP contribution in [-0.4, -0.2) is 23.9 Å². The van der Waals surface area contributed by atoms with Crippen molar-refractivity contribution in [1.82, 2.24) is 4.90 Å². The van der Waals surface area contributed by atoms with Crippen LogP contribution in [0.1, 0.15) is 16.1 Å². The van der Waals surface area contributed by atoms with Crippen molar-refractivity contribution in [3.8, 4) is 10.4 Å². The second-order valence-corrected chi connectivity index (χ2v) is 5.40. The monoisotopic (exact) mass is 261 g/mol. The number of hydrogen-bond donors (Lipinski definition) is 0. The van der Waals surface area contributed by atoms with E-state index in [1.54, 1.807) is 12.1 Å². The highest BCUT2D eigenvalue weighted by molar-refractivity contribution is 7.17. The molecule has 0 radical (unpaired) electrons. The summed E-state index contributed by atoms with van der Waals surface area (Å²) in [6, 6.07) is 10.1. The van der Waals surface area contributed by atoms with Gasteiger partial charge in [0.25, 0.3) is 5.91 Å². The van der Waals surface area contributed by atoms with Crippen molar-refractivity contribution in [2.24, 2.45) is 0 Å². The maximum Gasteiger partial charge on any atom is 0.263 e. The third kappa shape index (κ3) is 2.04. The first-order valence-corrected chi connectivity index (χ1v) is 6.71. The van der Waals surface area contributed by atoms with E-state index in [0.717, 1.165) is 34.8 Å². The minimum atomic E-state index is -0.243. The Morgan fingerprint density at radius 3 is 2.44 bits per heavy atom. The molecule has 3 rings (SSSR count). The van der Waals surface area contributed by atoms with E-state index in [1.165, 1.54) is 23.5 Å². The first kappa shape index (κ1) is 11.4. The number of hydrogen-bond acceptors (Lipinski definition) is 2. The zero-order chi connectivity index (χ0) is 12.5. The summed E-state index contributed by atoms with van der Waals surface area (Å²) in [7, 11) is 0. The molecular weight excluding hydrogens is 249 g/mol. The van der Waals surface area contributed by atoms with E-state index in [-0.39, 0.29) is 11.7 Å². The molecule has 1 fully saturated rings. The number of halogens is 1. The Hall–Kier alpha value is -1.68. The molecule has 2 nitrogen and oxygen atoms in total. The van der Waals surface area contributed by atoms with Gasteiger partial charge < -0.3 is 4.90 Å². The van der Waals surface area contributed by atoms with E-state index in [4.69, 9.17) is 0 Å². The smallest absolute Gasteiger partial charge is 0.263 e. The fraction of sp³-hybridized carbons (Fsp3) is 0.214. The summed E-state index contributed by atoms with van der Waals surface area (Å²) >= 11 is 1.46. The summed E-state index contributed by atoms with van der Waals surface area (Å²) in [4.78, 5) is 15.6. The number of carbonyl (C=O) groups excluding carboxylic acids is 1. The molecule has 1 aliphatic heterocycles. The molecule has 4 heteroatoms. The predicted octanol–water partition coefficient (Wildman–Crippen LogP) is 3.40. The van der Waals surface area contributed by atoms with Crippen LogP contribution in [-0.2, 0) is 0 Å². The molecule has 2 heterocycles. The van der Waals surface area contributed by atoms with E-state index in [0.29, 0.717) is 0 Å². The number of nitrogens with zero attached hydrogens (tertiary/aromatic N) is 1. The molecule has 1 aromatic carbocycles. The highest BCUT2D eigenvalue weighted by Gasteiger charge is 2.22. The lowest BCUT2D eigenvalue weighted by molar-refractivity contribution is 0.0657.